The molecule has 0 unspecified atom stereocenters. The molecular weight excluding hydrogens is 560 g/mol. The highest BCUT2D eigenvalue weighted by Gasteiger charge is 2.28. The normalized spacial score (nSPS) is 14.1. The van der Waals surface area contributed by atoms with Gasteiger partial charge >= 0.3 is 5.97 Å². The van der Waals surface area contributed by atoms with Crippen LogP contribution in [0.25, 0.3) is 11.1 Å². The average molecular weight is 615 g/mol. The summed E-state index contributed by atoms with van der Waals surface area (Å²) in [6.07, 6.45) is 18.2. The van der Waals surface area contributed by atoms with E-state index in [2.05, 4.69) is 20.8 Å². The van der Waals surface area contributed by atoms with Gasteiger partial charge in [0.2, 0.25) is 0 Å². The number of aliphatic hydroxyl groups is 1. The number of benzene rings is 3. The molecular formula is C40H54O5. The fraction of sp³-hybridized carbons (Fsp3) is 0.525. The Hall–Kier alpha value is -3.31. The molecule has 5 nitrogen and oxygen atoms in total. The molecule has 0 fully saturated rings. The van der Waals surface area contributed by atoms with Crippen LogP contribution in [-0.2, 0) is 0 Å². The third kappa shape index (κ3) is 10.6. The summed E-state index contributed by atoms with van der Waals surface area (Å²) < 4.78 is 17.8. The molecule has 0 amide bonds. The number of unbranched alkanes of at least 4 members (excludes halogenated alkanes) is 12. The van der Waals surface area contributed by atoms with Crippen molar-refractivity contribution in [3.05, 3.63) is 77.4 Å². The lowest BCUT2D eigenvalue weighted by Crippen LogP contribution is -2.11. The van der Waals surface area contributed by atoms with E-state index in [1.54, 1.807) is 24.3 Å². The number of hydrogen-bond acceptors (Lipinski definition) is 5. The number of carbonyl (C=O) groups excluding carboxylic acids is 1. The maximum atomic E-state index is 12.9. The lowest BCUT2D eigenvalue weighted by molar-refractivity contribution is 0.0734. The molecule has 1 aliphatic carbocycles. The molecule has 3 aromatic rings. The largest absolute Gasteiger partial charge is 0.494 e. The van der Waals surface area contributed by atoms with Gasteiger partial charge in [-0.2, -0.15) is 0 Å². The molecule has 0 aliphatic heterocycles. The van der Waals surface area contributed by atoms with E-state index in [9.17, 15) is 9.90 Å². The summed E-state index contributed by atoms with van der Waals surface area (Å²) in [5.74, 6) is 1.50. The van der Waals surface area contributed by atoms with Crippen LogP contribution in [0.4, 0.5) is 0 Å². The van der Waals surface area contributed by atoms with Crippen LogP contribution in [0.1, 0.15) is 145 Å². The predicted octanol–water partition coefficient (Wildman–Crippen LogP) is 11.0. The number of carbonyl (C=O) groups is 1. The fourth-order valence-electron chi connectivity index (χ4n) is 6.11. The van der Waals surface area contributed by atoms with E-state index >= 15 is 0 Å². The van der Waals surface area contributed by atoms with Gasteiger partial charge in [0.25, 0.3) is 0 Å². The van der Waals surface area contributed by atoms with Crippen LogP contribution in [0, 0.1) is 0 Å². The highest BCUT2D eigenvalue weighted by molar-refractivity contribution is 5.91. The summed E-state index contributed by atoms with van der Waals surface area (Å²) in [4.78, 5) is 12.9. The lowest BCUT2D eigenvalue weighted by atomic mass is 10.1. The number of esters is 1. The van der Waals surface area contributed by atoms with Crippen molar-refractivity contribution in [2.45, 2.75) is 129 Å². The van der Waals surface area contributed by atoms with Crippen LogP contribution in [-0.4, -0.2) is 23.8 Å². The first-order valence-electron chi connectivity index (χ1n) is 17.6. The fourth-order valence-corrected chi connectivity index (χ4v) is 6.11. The Morgan fingerprint density at radius 1 is 0.667 bits per heavy atom. The first-order valence-corrected chi connectivity index (χ1v) is 17.6. The zero-order valence-electron chi connectivity index (χ0n) is 27.8. The highest BCUT2D eigenvalue weighted by Crippen LogP contribution is 2.46. The molecule has 0 bridgehead atoms. The first kappa shape index (κ1) is 34.6. The molecule has 0 heterocycles. The van der Waals surface area contributed by atoms with Crippen LogP contribution in [0.2, 0.25) is 0 Å². The third-order valence-electron chi connectivity index (χ3n) is 8.79. The quantitative estimate of drug-likeness (QED) is 0.0734. The molecule has 244 valence electrons. The summed E-state index contributed by atoms with van der Waals surface area (Å²) in [5, 5.41) is 11.2. The Bertz CT molecular complexity index is 1310. The van der Waals surface area contributed by atoms with Crippen molar-refractivity contribution in [2.24, 2.45) is 0 Å². The molecule has 1 aliphatic rings. The monoisotopic (exact) mass is 614 g/mol. The van der Waals surface area contributed by atoms with Gasteiger partial charge in [-0.05, 0) is 97.0 Å². The zero-order chi connectivity index (χ0) is 31.9. The molecule has 0 aromatic heterocycles. The topological polar surface area (TPSA) is 65.0 Å². The van der Waals surface area contributed by atoms with Gasteiger partial charge < -0.3 is 19.3 Å². The number of hydrogen-bond donors (Lipinski definition) is 1. The second-order valence-corrected chi connectivity index (χ2v) is 12.6. The molecule has 0 radical (unpaired) electrons. The summed E-state index contributed by atoms with van der Waals surface area (Å²) in [6.45, 7) is 7.26. The van der Waals surface area contributed by atoms with Crippen molar-refractivity contribution in [1.29, 1.82) is 0 Å². The van der Waals surface area contributed by atoms with Crippen molar-refractivity contribution < 1.29 is 24.1 Å². The molecule has 4 rings (SSSR count). The maximum Gasteiger partial charge on any atom is 0.343 e. The second-order valence-electron chi connectivity index (χ2n) is 12.6. The summed E-state index contributed by atoms with van der Waals surface area (Å²) in [6, 6.07) is 18.5. The number of fused-ring (bicyclic) bond motifs is 3. The van der Waals surface area contributed by atoms with Gasteiger partial charge in [0.05, 0.1) is 18.3 Å². The minimum absolute atomic E-state index is 0.122. The molecule has 0 saturated heterocycles. The summed E-state index contributed by atoms with van der Waals surface area (Å²) >= 11 is 0. The molecule has 2 atom stereocenters. The van der Waals surface area contributed by atoms with E-state index in [4.69, 9.17) is 14.2 Å². The second kappa shape index (κ2) is 18.6. The van der Waals surface area contributed by atoms with E-state index in [-0.39, 0.29) is 6.10 Å². The van der Waals surface area contributed by atoms with E-state index in [1.807, 2.05) is 36.4 Å². The van der Waals surface area contributed by atoms with Crippen LogP contribution >= 0.6 is 0 Å². The van der Waals surface area contributed by atoms with E-state index < -0.39 is 12.1 Å². The van der Waals surface area contributed by atoms with Crippen molar-refractivity contribution in [3.63, 3.8) is 0 Å². The van der Waals surface area contributed by atoms with Crippen molar-refractivity contribution in [1.82, 2.24) is 0 Å². The predicted molar refractivity (Wildman–Crippen MR) is 184 cm³/mol. The molecule has 0 spiro atoms. The van der Waals surface area contributed by atoms with Gasteiger partial charge in [0, 0.05) is 0 Å². The van der Waals surface area contributed by atoms with Gasteiger partial charge in [-0.25, -0.2) is 4.79 Å². The molecule has 5 heteroatoms. The smallest absolute Gasteiger partial charge is 0.343 e. The van der Waals surface area contributed by atoms with Crippen LogP contribution in [0.5, 0.6) is 17.2 Å². The zero-order valence-corrected chi connectivity index (χ0v) is 27.8. The highest BCUT2D eigenvalue weighted by atomic mass is 16.5. The lowest BCUT2D eigenvalue weighted by Gasteiger charge is -2.16. The molecule has 45 heavy (non-hydrogen) atoms. The van der Waals surface area contributed by atoms with Gasteiger partial charge in [-0.15, -0.1) is 0 Å². The Kier molecular flexibility index (Phi) is 14.3. The van der Waals surface area contributed by atoms with E-state index in [0.29, 0.717) is 17.9 Å². The summed E-state index contributed by atoms with van der Waals surface area (Å²) in [5.41, 5.74) is 3.93. The van der Waals surface area contributed by atoms with Crippen LogP contribution < -0.4 is 14.2 Å². The van der Waals surface area contributed by atoms with Crippen LogP contribution in [0.3, 0.4) is 0 Å². The van der Waals surface area contributed by atoms with Crippen molar-refractivity contribution >= 4 is 5.97 Å². The van der Waals surface area contributed by atoms with Gasteiger partial charge in [-0.1, -0.05) is 103 Å². The number of aliphatic hydroxyl groups excluding tert-OH is 1. The van der Waals surface area contributed by atoms with Crippen LogP contribution in [0.15, 0.2) is 60.7 Å². The number of rotatable bonds is 21. The standard InChI is InChI=1S/C40H54O5/c1-4-6-8-10-11-12-13-14-15-17-27-43-32-21-19-31(20-22-32)40(42)45-34-24-26-36-35-25-23-33(28-37(35)39(41)38(36)29-34)44-30(3)18-16-9-7-5-2/h19-26,28-30,39,41H,4-18,27H2,1-3H3/t30-,39-/m1/s1. The minimum Gasteiger partial charge on any atom is -0.494 e. The minimum atomic E-state index is -0.802. The average Bonchev–Trinajstić information content (AvgIpc) is 3.32. The SMILES string of the molecule is CCCCCCCCCCCCOc1ccc(C(=O)Oc2ccc3c(c2)[C@H](O)c2cc(O[C@H](C)CCCCCC)ccc2-3)cc1. The molecule has 1 N–H and O–H groups in total. The van der Waals surface area contributed by atoms with Gasteiger partial charge in [0.1, 0.15) is 23.4 Å². The van der Waals surface area contributed by atoms with E-state index in [1.165, 1.54) is 77.0 Å². The maximum absolute atomic E-state index is 12.9. The van der Waals surface area contributed by atoms with Crippen molar-refractivity contribution in [2.75, 3.05) is 6.61 Å². The van der Waals surface area contributed by atoms with Crippen molar-refractivity contribution in [3.8, 4) is 28.4 Å². The first-order chi connectivity index (χ1) is 22.0. The molecule has 0 saturated carbocycles. The van der Waals surface area contributed by atoms with Gasteiger partial charge in [-0.3, -0.25) is 0 Å². The summed E-state index contributed by atoms with van der Waals surface area (Å²) in [7, 11) is 0. The Balaban J connectivity index is 1.21. The van der Waals surface area contributed by atoms with E-state index in [0.717, 1.165) is 53.0 Å². The Morgan fingerprint density at radius 2 is 1.18 bits per heavy atom. The third-order valence-corrected chi connectivity index (χ3v) is 8.79. The molecule has 3 aromatic carbocycles. The Morgan fingerprint density at radius 3 is 1.80 bits per heavy atom. The Labute approximate surface area is 271 Å². The number of ether oxygens (including phenoxy) is 3. The van der Waals surface area contributed by atoms with Gasteiger partial charge in [0.15, 0.2) is 0 Å².